The van der Waals surface area contributed by atoms with Gasteiger partial charge in [-0.15, -0.1) is 0 Å². The average Bonchev–Trinajstić information content (AvgIpc) is 3.25. The molecular formula is C20H21N3O5S. The molecule has 1 atom stereocenters. The van der Waals surface area contributed by atoms with Crippen LogP contribution in [-0.4, -0.2) is 36.7 Å². The zero-order chi connectivity index (χ0) is 20.4. The predicted octanol–water partition coefficient (Wildman–Crippen LogP) is 1.84. The van der Waals surface area contributed by atoms with Gasteiger partial charge in [0.25, 0.3) is 0 Å². The fourth-order valence-electron chi connectivity index (χ4n) is 3.55. The second-order valence-electron chi connectivity index (χ2n) is 7.07. The molecule has 1 aliphatic heterocycles. The summed E-state index contributed by atoms with van der Waals surface area (Å²) in [5.41, 5.74) is 0.331. The molecule has 0 bridgehead atoms. The fourth-order valence-corrected chi connectivity index (χ4v) is 5.11. The molecule has 1 fully saturated rings. The maximum atomic E-state index is 13.1. The Hall–Kier alpha value is -2.91. The summed E-state index contributed by atoms with van der Waals surface area (Å²) in [5, 5.41) is 3.44. The number of sulfonamides is 1. The Kier molecular flexibility index (Phi) is 5.25. The number of aromatic amines is 1. The molecule has 1 aromatic carbocycles. The zero-order valence-electron chi connectivity index (χ0n) is 15.6. The number of hydrogen-bond acceptors (Lipinski definition) is 5. The van der Waals surface area contributed by atoms with Crippen molar-refractivity contribution >= 4 is 26.8 Å². The summed E-state index contributed by atoms with van der Waals surface area (Å²) < 4.78 is 32.8. The van der Waals surface area contributed by atoms with Crippen LogP contribution in [0.25, 0.3) is 10.9 Å². The lowest BCUT2D eigenvalue weighted by Crippen LogP contribution is -2.45. The van der Waals surface area contributed by atoms with Crippen molar-refractivity contribution in [2.45, 2.75) is 24.3 Å². The van der Waals surface area contributed by atoms with Crippen molar-refractivity contribution in [3.05, 3.63) is 64.8 Å². The lowest BCUT2D eigenvalue weighted by atomic mass is 9.99. The van der Waals surface area contributed by atoms with Crippen molar-refractivity contribution in [1.29, 1.82) is 0 Å². The number of H-pyrrole nitrogens is 1. The van der Waals surface area contributed by atoms with Crippen molar-refractivity contribution in [2.24, 2.45) is 5.92 Å². The van der Waals surface area contributed by atoms with Crippen molar-refractivity contribution in [2.75, 3.05) is 13.1 Å². The van der Waals surface area contributed by atoms with Crippen molar-refractivity contribution in [1.82, 2.24) is 14.6 Å². The standard InChI is InChI=1S/C20H21N3O5S/c24-19-8-5-14-11-17(6-7-18(14)22-19)29(26,27)23-9-1-3-15(13-23)20(25)21-12-16-4-2-10-28-16/h2,4-8,10-11,15H,1,3,9,12-13H2,(H,21,25)(H,22,24). The van der Waals surface area contributed by atoms with Gasteiger partial charge < -0.3 is 14.7 Å². The van der Waals surface area contributed by atoms with E-state index in [0.29, 0.717) is 36.0 Å². The molecule has 1 saturated heterocycles. The highest BCUT2D eigenvalue weighted by Crippen LogP contribution is 2.25. The number of piperidine rings is 1. The van der Waals surface area contributed by atoms with Crippen LogP contribution in [-0.2, 0) is 21.4 Å². The molecule has 0 aliphatic carbocycles. The van der Waals surface area contributed by atoms with Crippen LogP contribution in [0.15, 0.2) is 62.8 Å². The number of carbonyl (C=O) groups is 1. The highest BCUT2D eigenvalue weighted by atomic mass is 32.2. The van der Waals surface area contributed by atoms with E-state index < -0.39 is 15.9 Å². The van der Waals surface area contributed by atoms with Gasteiger partial charge in [-0.2, -0.15) is 4.31 Å². The van der Waals surface area contributed by atoms with E-state index >= 15 is 0 Å². The third kappa shape index (κ3) is 4.10. The summed E-state index contributed by atoms with van der Waals surface area (Å²) in [6.07, 6.45) is 2.78. The Balaban J connectivity index is 1.50. The van der Waals surface area contributed by atoms with Crippen LogP contribution in [0.5, 0.6) is 0 Å². The average molecular weight is 415 g/mol. The molecule has 3 aromatic rings. The number of carbonyl (C=O) groups excluding carboxylic acids is 1. The third-order valence-electron chi connectivity index (χ3n) is 5.10. The molecule has 1 aliphatic rings. The van der Waals surface area contributed by atoms with Gasteiger partial charge in [-0.3, -0.25) is 9.59 Å². The molecule has 1 amide bonds. The minimum absolute atomic E-state index is 0.135. The first-order chi connectivity index (χ1) is 13.9. The fraction of sp³-hybridized carbons (Fsp3) is 0.300. The van der Waals surface area contributed by atoms with Gasteiger partial charge in [0.15, 0.2) is 0 Å². The van der Waals surface area contributed by atoms with E-state index in [0.717, 1.165) is 0 Å². The highest BCUT2D eigenvalue weighted by molar-refractivity contribution is 7.89. The summed E-state index contributed by atoms with van der Waals surface area (Å²) in [6.45, 7) is 0.780. The number of aromatic nitrogens is 1. The van der Waals surface area contributed by atoms with E-state index in [2.05, 4.69) is 10.3 Å². The zero-order valence-corrected chi connectivity index (χ0v) is 16.4. The van der Waals surface area contributed by atoms with Gasteiger partial charge in [0, 0.05) is 24.7 Å². The van der Waals surface area contributed by atoms with Crippen LogP contribution >= 0.6 is 0 Å². The molecule has 9 heteroatoms. The lowest BCUT2D eigenvalue weighted by molar-refractivity contribution is -0.126. The first kappa shape index (κ1) is 19.4. The van der Waals surface area contributed by atoms with Crippen molar-refractivity contribution in [3.63, 3.8) is 0 Å². The number of furan rings is 1. The number of nitrogens with zero attached hydrogens (tertiary/aromatic N) is 1. The van der Waals surface area contributed by atoms with E-state index in [9.17, 15) is 18.0 Å². The van der Waals surface area contributed by atoms with Gasteiger partial charge in [0.1, 0.15) is 5.76 Å². The number of nitrogens with one attached hydrogen (secondary N) is 2. The molecule has 0 radical (unpaired) electrons. The third-order valence-corrected chi connectivity index (χ3v) is 6.97. The molecule has 2 aromatic heterocycles. The van der Waals surface area contributed by atoms with Crippen LogP contribution in [0, 0.1) is 5.92 Å². The van der Waals surface area contributed by atoms with Gasteiger partial charge in [-0.1, -0.05) is 0 Å². The molecule has 152 valence electrons. The lowest BCUT2D eigenvalue weighted by Gasteiger charge is -2.31. The number of benzene rings is 1. The Bertz CT molecular complexity index is 1180. The van der Waals surface area contributed by atoms with E-state index in [1.807, 2.05) is 0 Å². The summed E-state index contributed by atoms with van der Waals surface area (Å²) in [4.78, 5) is 26.7. The summed E-state index contributed by atoms with van der Waals surface area (Å²) in [6, 6.07) is 11.1. The van der Waals surface area contributed by atoms with Crippen LogP contribution < -0.4 is 10.9 Å². The minimum Gasteiger partial charge on any atom is -0.467 e. The summed E-state index contributed by atoms with van der Waals surface area (Å²) in [7, 11) is -3.75. The number of rotatable bonds is 5. The summed E-state index contributed by atoms with van der Waals surface area (Å²) in [5.74, 6) is 0.0514. The van der Waals surface area contributed by atoms with Crippen LogP contribution in [0.2, 0.25) is 0 Å². The maximum absolute atomic E-state index is 13.1. The molecular weight excluding hydrogens is 394 g/mol. The Morgan fingerprint density at radius 3 is 2.90 bits per heavy atom. The Labute approximate surface area is 167 Å². The van der Waals surface area contributed by atoms with Crippen LogP contribution in [0.1, 0.15) is 18.6 Å². The quantitative estimate of drug-likeness (QED) is 0.660. The molecule has 2 N–H and O–H groups in total. The second-order valence-corrected chi connectivity index (χ2v) is 9.01. The number of pyridine rings is 1. The first-order valence-electron chi connectivity index (χ1n) is 9.37. The first-order valence-corrected chi connectivity index (χ1v) is 10.8. The number of fused-ring (bicyclic) bond motifs is 1. The number of amides is 1. The molecule has 1 unspecified atom stereocenters. The van der Waals surface area contributed by atoms with Crippen molar-refractivity contribution < 1.29 is 17.6 Å². The second kappa shape index (κ2) is 7.84. The van der Waals surface area contributed by atoms with E-state index in [1.54, 1.807) is 30.3 Å². The summed E-state index contributed by atoms with van der Waals surface area (Å²) >= 11 is 0. The molecule has 8 nitrogen and oxygen atoms in total. The number of hydrogen-bond donors (Lipinski definition) is 2. The van der Waals surface area contributed by atoms with Gasteiger partial charge >= 0.3 is 0 Å². The largest absolute Gasteiger partial charge is 0.467 e. The minimum atomic E-state index is -3.75. The molecule has 3 heterocycles. The Morgan fingerprint density at radius 1 is 1.24 bits per heavy atom. The molecule has 0 spiro atoms. The van der Waals surface area contributed by atoms with Gasteiger partial charge in [0.05, 0.1) is 23.6 Å². The SMILES string of the molecule is O=C(NCc1ccco1)C1CCCN(S(=O)(=O)c2ccc3[nH]c(=O)ccc3c2)C1. The maximum Gasteiger partial charge on any atom is 0.248 e. The van der Waals surface area contributed by atoms with Crippen molar-refractivity contribution in [3.8, 4) is 0 Å². The molecule has 0 saturated carbocycles. The van der Waals surface area contributed by atoms with E-state index in [1.165, 1.54) is 22.7 Å². The predicted molar refractivity (Wildman–Crippen MR) is 107 cm³/mol. The van der Waals surface area contributed by atoms with Gasteiger partial charge in [-0.05, 0) is 54.6 Å². The van der Waals surface area contributed by atoms with Gasteiger partial charge in [-0.25, -0.2) is 8.42 Å². The monoisotopic (exact) mass is 415 g/mol. The van der Waals surface area contributed by atoms with Crippen LogP contribution in [0.3, 0.4) is 0 Å². The van der Waals surface area contributed by atoms with Gasteiger partial charge in [0.2, 0.25) is 21.5 Å². The smallest absolute Gasteiger partial charge is 0.248 e. The molecule has 29 heavy (non-hydrogen) atoms. The van der Waals surface area contributed by atoms with E-state index in [-0.39, 0.29) is 29.5 Å². The Morgan fingerprint density at radius 2 is 2.10 bits per heavy atom. The molecule has 4 rings (SSSR count). The van der Waals surface area contributed by atoms with E-state index in [4.69, 9.17) is 4.42 Å². The normalized spacial score (nSPS) is 18.0. The van der Waals surface area contributed by atoms with Crippen LogP contribution in [0.4, 0.5) is 0 Å². The topological polar surface area (TPSA) is 112 Å². The highest BCUT2D eigenvalue weighted by Gasteiger charge is 2.33.